The van der Waals surface area contributed by atoms with Gasteiger partial charge in [0.05, 0.1) is 23.6 Å². The first-order valence-electron chi connectivity index (χ1n) is 9.90. The van der Waals surface area contributed by atoms with Crippen LogP contribution < -0.4 is 4.90 Å². The molecule has 3 aromatic rings. The van der Waals surface area contributed by atoms with Crippen molar-refractivity contribution >= 4 is 17.7 Å². The first-order chi connectivity index (χ1) is 14.7. The van der Waals surface area contributed by atoms with Gasteiger partial charge in [-0.05, 0) is 48.7 Å². The predicted octanol–water partition coefficient (Wildman–Crippen LogP) is 4.62. The molecular weight excluding hydrogens is 380 g/mol. The van der Waals surface area contributed by atoms with E-state index in [1.165, 1.54) is 0 Å². The number of hydrogen-bond acceptors (Lipinski definition) is 5. The Morgan fingerprint density at radius 2 is 1.87 bits per heavy atom. The number of rotatable bonds is 5. The first-order valence-corrected chi connectivity index (χ1v) is 9.90. The van der Waals surface area contributed by atoms with Gasteiger partial charge in [0.1, 0.15) is 6.61 Å². The summed E-state index contributed by atoms with van der Waals surface area (Å²) >= 11 is 0. The van der Waals surface area contributed by atoms with Crippen molar-refractivity contribution in [3.05, 3.63) is 83.6 Å². The molecule has 0 aliphatic carbocycles. The Balaban J connectivity index is 1.49. The summed E-state index contributed by atoms with van der Waals surface area (Å²) in [6, 6.07) is 18.8. The standard InChI is InChI=1S/C24H22N2O4/c1-2-29-23(27)20-10-12-25-21(15-20)18-8-9-22-19(14-18)11-13-26(22)24(28)30-16-17-6-4-3-5-7-17/h3-10,12,14-15H,2,11,13,16H2,1H3. The minimum absolute atomic E-state index is 0.244. The van der Waals surface area contributed by atoms with Gasteiger partial charge in [0, 0.05) is 18.3 Å². The zero-order valence-corrected chi connectivity index (χ0v) is 16.7. The maximum atomic E-state index is 12.6. The summed E-state index contributed by atoms with van der Waals surface area (Å²) in [5, 5.41) is 0. The lowest BCUT2D eigenvalue weighted by molar-refractivity contribution is 0.0526. The molecule has 2 heterocycles. The fraction of sp³-hybridized carbons (Fsp3) is 0.208. The summed E-state index contributed by atoms with van der Waals surface area (Å²) in [4.78, 5) is 30.6. The number of aromatic nitrogens is 1. The molecule has 30 heavy (non-hydrogen) atoms. The number of amides is 1. The maximum absolute atomic E-state index is 12.6. The molecule has 0 spiro atoms. The number of hydrogen-bond donors (Lipinski definition) is 0. The summed E-state index contributed by atoms with van der Waals surface area (Å²) in [7, 11) is 0. The molecule has 0 saturated heterocycles. The number of benzene rings is 2. The van der Waals surface area contributed by atoms with E-state index in [1.54, 1.807) is 30.2 Å². The van der Waals surface area contributed by atoms with E-state index in [4.69, 9.17) is 9.47 Å². The Kier molecular flexibility index (Phi) is 5.75. The van der Waals surface area contributed by atoms with Crippen molar-refractivity contribution < 1.29 is 19.1 Å². The van der Waals surface area contributed by atoms with Crippen molar-refractivity contribution in [1.29, 1.82) is 0 Å². The topological polar surface area (TPSA) is 68.7 Å². The number of nitrogens with zero attached hydrogens (tertiary/aromatic N) is 2. The summed E-state index contributed by atoms with van der Waals surface area (Å²) in [5.74, 6) is -0.366. The van der Waals surface area contributed by atoms with Crippen LogP contribution in [0.4, 0.5) is 10.5 Å². The van der Waals surface area contributed by atoms with Crippen LogP contribution in [0.25, 0.3) is 11.3 Å². The molecule has 1 aliphatic heterocycles. The highest BCUT2D eigenvalue weighted by molar-refractivity contribution is 5.92. The Labute approximate surface area is 175 Å². The zero-order valence-electron chi connectivity index (χ0n) is 16.7. The molecule has 0 radical (unpaired) electrons. The molecule has 1 aromatic heterocycles. The molecule has 0 fully saturated rings. The predicted molar refractivity (Wildman–Crippen MR) is 113 cm³/mol. The number of carbonyl (C=O) groups excluding carboxylic acids is 2. The summed E-state index contributed by atoms with van der Waals surface area (Å²) in [5.41, 5.74) is 4.89. The number of esters is 1. The highest BCUT2D eigenvalue weighted by Crippen LogP contribution is 2.32. The van der Waals surface area contributed by atoms with E-state index in [2.05, 4.69) is 4.98 Å². The van der Waals surface area contributed by atoms with Crippen LogP contribution >= 0.6 is 0 Å². The van der Waals surface area contributed by atoms with Crippen molar-refractivity contribution in [1.82, 2.24) is 4.98 Å². The summed E-state index contributed by atoms with van der Waals surface area (Å²) < 4.78 is 10.5. The first kappa shape index (κ1) is 19.6. The van der Waals surface area contributed by atoms with Gasteiger partial charge in [0.15, 0.2) is 0 Å². The molecular formula is C24H22N2O4. The van der Waals surface area contributed by atoms with Gasteiger partial charge in [0.2, 0.25) is 0 Å². The van der Waals surface area contributed by atoms with E-state index in [1.807, 2.05) is 48.5 Å². The third-order valence-electron chi connectivity index (χ3n) is 4.97. The van der Waals surface area contributed by atoms with Crippen LogP contribution in [0.1, 0.15) is 28.4 Å². The molecule has 0 saturated carbocycles. The van der Waals surface area contributed by atoms with Crippen molar-refractivity contribution in [2.24, 2.45) is 0 Å². The van der Waals surface area contributed by atoms with E-state index >= 15 is 0 Å². The van der Waals surface area contributed by atoms with Crippen LogP contribution in [-0.2, 0) is 22.5 Å². The van der Waals surface area contributed by atoms with Crippen molar-refractivity contribution in [3.8, 4) is 11.3 Å². The molecule has 0 unspecified atom stereocenters. The van der Waals surface area contributed by atoms with Crippen LogP contribution in [-0.4, -0.2) is 30.2 Å². The van der Waals surface area contributed by atoms with Crippen LogP contribution in [0.5, 0.6) is 0 Å². The van der Waals surface area contributed by atoms with Crippen LogP contribution in [0.15, 0.2) is 66.9 Å². The van der Waals surface area contributed by atoms with E-state index in [0.717, 1.165) is 28.8 Å². The van der Waals surface area contributed by atoms with Crippen molar-refractivity contribution in [2.75, 3.05) is 18.1 Å². The Bertz CT molecular complexity index is 1070. The molecule has 6 nitrogen and oxygen atoms in total. The zero-order chi connectivity index (χ0) is 20.9. The number of pyridine rings is 1. The Hall–Kier alpha value is -3.67. The highest BCUT2D eigenvalue weighted by atomic mass is 16.6. The lowest BCUT2D eigenvalue weighted by Gasteiger charge is -2.17. The van der Waals surface area contributed by atoms with Gasteiger partial charge in [-0.2, -0.15) is 0 Å². The number of anilines is 1. The second-order valence-corrected chi connectivity index (χ2v) is 6.94. The van der Waals surface area contributed by atoms with E-state index < -0.39 is 0 Å². The second-order valence-electron chi connectivity index (χ2n) is 6.94. The molecule has 1 amide bonds. The van der Waals surface area contributed by atoms with E-state index in [0.29, 0.717) is 24.4 Å². The second kappa shape index (κ2) is 8.78. The summed E-state index contributed by atoms with van der Waals surface area (Å²) in [6.07, 6.45) is 1.98. The van der Waals surface area contributed by atoms with Crippen LogP contribution in [0, 0.1) is 0 Å². The SMILES string of the molecule is CCOC(=O)c1ccnc(-c2ccc3c(c2)CCN3C(=O)OCc2ccccc2)c1. The maximum Gasteiger partial charge on any atom is 0.414 e. The monoisotopic (exact) mass is 402 g/mol. The highest BCUT2D eigenvalue weighted by Gasteiger charge is 2.26. The number of ether oxygens (including phenoxy) is 2. The van der Waals surface area contributed by atoms with Crippen molar-refractivity contribution in [3.63, 3.8) is 0 Å². The average Bonchev–Trinajstić information content (AvgIpc) is 3.22. The van der Waals surface area contributed by atoms with Gasteiger partial charge in [0.25, 0.3) is 0 Å². The fourth-order valence-corrected chi connectivity index (χ4v) is 3.48. The minimum atomic E-state index is -0.366. The van der Waals surface area contributed by atoms with E-state index in [-0.39, 0.29) is 18.7 Å². The van der Waals surface area contributed by atoms with Gasteiger partial charge in [-0.15, -0.1) is 0 Å². The third kappa shape index (κ3) is 4.17. The smallest absolute Gasteiger partial charge is 0.414 e. The van der Waals surface area contributed by atoms with Gasteiger partial charge >= 0.3 is 12.1 Å². The third-order valence-corrected chi connectivity index (χ3v) is 4.97. The molecule has 4 rings (SSSR count). The normalized spacial score (nSPS) is 12.4. The lowest BCUT2D eigenvalue weighted by atomic mass is 10.0. The number of fused-ring (bicyclic) bond motifs is 1. The largest absolute Gasteiger partial charge is 0.462 e. The van der Waals surface area contributed by atoms with E-state index in [9.17, 15) is 9.59 Å². The summed E-state index contributed by atoms with van der Waals surface area (Å²) in [6.45, 7) is 2.92. The molecule has 152 valence electrons. The Morgan fingerprint density at radius 3 is 2.67 bits per heavy atom. The van der Waals surface area contributed by atoms with Crippen molar-refractivity contribution in [2.45, 2.75) is 20.0 Å². The average molecular weight is 402 g/mol. The van der Waals surface area contributed by atoms with Gasteiger partial charge in [-0.25, -0.2) is 9.59 Å². The molecule has 0 N–H and O–H groups in total. The molecule has 2 aromatic carbocycles. The molecule has 6 heteroatoms. The Morgan fingerprint density at radius 1 is 1.03 bits per heavy atom. The van der Waals surface area contributed by atoms with Gasteiger partial charge in [-0.3, -0.25) is 9.88 Å². The number of carbonyl (C=O) groups is 2. The fourth-order valence-electron chi connectivity index (χ4n) is 3.48. The van der Waals surface area contributed by atoms with Gasteiger partial charge < -0.3 is 9.47 Å². The quantitative estimate of drug-likeness (QED) is 0.582. The van der Waals surface area contributed by atoms with Crippen LogP contribution in [0.3, 0.4) is 0 Å². The lowest BCUT2D eigenvalue weighted by Crippen LogP contribution is -2.29. The minimum Gasteiger partial charge on any atom is -0.462 e. The molecule has 0 bridgehead atoms. The molecule has 0 atom stereocenters. The van der Waals surface area contributed by atoms with Gasteiger partial charge in [-0.1, -0.05) is 36.4 Å². The molecule has 1 aliphatic rings. The van der Waals surface area contributed by atoms with Crippen LogP contribution in [0.2, 0.25) is 0 Å².